The van der Waals surface area contributed by atoms with Gasteiger partial charge in [-0.3, -0.25) is 4.79 Å². The van der Waals surface area contributed by atoms with Gasteiger partial charge in [-0.1, -0.05) is 48.2 Å². The molecule has 3 nitrogen and oxygen atoms in total. The maximum absolute atomic E-state index is 13.7. The van der Waals surface area contributed by atoms with Gasteiger partial charge in [0.25, 0.3) is 0 Å². The average molecular weight is 477 g/mol. The number of aryl methyl sites for hydroxylation is 1. The second-order valence-corrected chi connectivity index (χ2v) is 12.0. The van der Waals surface area contributed by atoms with E-state index in [-0.39, 0.29) is 6.42 Å². The molecule has 31 heavy (non-hydrogen) atoms. The molecule has 12 heteroatoms. The Morgan fingerprint density at radius 3 is 2.06 bits per heavy atom. The number of carbonyl (C=O) groups is 1. The summed E-state index contributed by atoms with van der Waals surface area (Å²) >= 11 is 0. The molecule has 0 bridgehead atoms. The zero-order chi connectivity index (χ0) is 24.1. The second kappa shape index (κ2) is 10.1. The lowest BCUT2D eigenvalue weighted by Gasteiger charge is -2.31. The van der Waals surface area contributed by atoms with Gasteiger partial charge in [-0.25, -0.2) is 0 Å². The van der Waals surface area contributed by atoms with E-state index in [4.69, 9.17) is 0 Å². The topological polar surface area (TPSA) is 38.3 Å². The van der Waals surface area contributed by atoms with E-state index in [1.165, 1.54) is 0 Å². The Morgan fingerprint density at radius 2 is 1.65 bits per heavy atom. The molecule has 0 heterocycles. The van der Waals surface area contributed by atoms with Gasteiger partial charge in [0.15, 0.2) is 0 Å². The molecule has 0 aromatic heterocycles. The number of carbonyl (C=O) groups excluding carboxylic acids is 1. The summed E-state index contributed by atoms with van der Waals surface area (Å²) in [6.45, 7) is 7.59. The SMILES string of the molecule is C=C[Si](C)(C)c1ccc(CCCCNC(=O)C(C(F)(F)F)C(F)(OF)C(F)(F)F)cc1. The fourth-order valence-electron chi connectivity index (χ4n) is 2.77. The van der Waals surface area contributed by atoms with Crippen molar-refractivity contribution >= 4 is 19.2 Å². The highest BCUT2D eigenvalue weighted by atomic mass is 28.3. The van der Waals surface area contributed by atoms with Gasteiger partial charge in [-0.15, -0.1) is 11.5 Å². The number of hydrogen-bond acceptors (Lipinski definition) is 2. The molecule has 0 aliphatic carbocycles. The van der Waals surface area contributed by atoms with Crippen LogP contribution in [0.5, 0.6) is 0 Å². The molecule has 0 saturated carbocycles. The van der Waals surface area contributed by atoms with Gasteiger partial charge in [0.1, 0.15) is 8.07 Å². The van der Waals surface area contributed by atoms with Crippen LogP contribution in [0, 0.1) is 5.92 Å². The van der Waals surface area contributed by atoms with Crippen molar-refractivity contribution in [3.63, 3.8) is 0 Å². The van der Waals surface area contributed by atoms with Crippen LogP contribution in [0.25, 0.3) is 0 Å². The monoisotopic (exact) mass is 477 g/mol. The normalized spacial score (nSPS) is 15.8. The third-order valence-electron chi connectivity index (χ3n) is 4.86. The number of unbranched alkanes of at least 4 members (excludes halogenated alkanes) is 1. The lowest BCUT2D eigenvalue weighted by Crippen LogP contribution is -2.59. The molecule has 1 rings (SSSR count). The molecule has 0 saturated heterocycles. The van der Waals surface area contributed by atoms with Crippen LogP contribution >= 0.6 is 0 Å². The zero-order valence-corrected chi connectivity index (χ0v) is 17.8. The van der Waals surface area contributed by atoms with E-state index in [1.807, 2.05) is 34.9 Å². The fourth-order valence-corrected chi connectivity index (χ4v) is 4.03. The Morgan fingerprint density at radius 1 is 1.10 bits per heavy atom. The smallest absolute Gasteiger partial charge is 0.355 e. The molecular formula is C19H23F8NO2Si. The van der Waals surface area contributed by atoms with Gasteiger partial charge >= 0.3 is 18.2 Å². The highest BCUT2D eigenvalue weighted by Gasteiger charge is 2.73. The predicted molar refractivity (Wildman–Crippen MR) is 101 cm³/mol. The summed E-state index contributed by atoms with van der Waals surface area (Å²) in [5.74, 6) is -12.6. The van der Waals surface area contributed by atoms with Crippen LogP contribution in [0.3, 0.4) is 0 Å². The van der Waals surface area contributed by atoms with Crippen molar-refractivity contribution in [3.8, 4) is 0 Å². The first-order chi connectivity index (χ1) is 14.1. The molecule has 0 radical (unpaired) electrons. The summed E-state index contributed by atoms with van der Waals surface area (Å²) < 4.78 is 102. The highest BCUT2D eigenvalue weighted by Crippen LogP contribution is 2.47. The van der Waals surface area contributed by atoms with Gasteiger partial charge in [0, 0.05) is 6.54 Å². The van der Waals surface area contributed by atoms with Crippen molar-refractivity contribution in [2.24, 2.45) is 5.92 Å². The highest BCUT2D eigenvalue weighted by molar-refractivity contribution is 6.93. The summed E-state index contributed by atoms with van der Waals surface area (Å²) in [5, 5.41) is 2.73. The lowest BCUT2D eigenvalue weighted by atomic mass is 9.97. The maximum atomic E-state index is 13.7. The minimum Gasteiger partial charge on any atom is -0.355 e. The predicted octanol–water partition coefficient (Wildman–Crippen LogP) is 5.07. The summed E-state index contributed by atoms with van der Waals surface area (Å²) in [4.78, 5) is 13.6. The van der Waals surface area contributed by atoms with Crippen LogP contribution in [0.2, 0.25) is 13.1 Å². The third-order valence-corrected chi connectivity index (χ3v) is 7.70. The lowest BCUT2D eigenvalue weighted by molar-refractivity contribution is -0.435. The van der Waals surface area contributed by atoms with Crippen molar-refractivity contribution in [3.05, 3.63) is 42.1 Å². The van der Waals surface area contributed by atoms with Crippen LogP contribution in [-0.2, 0) is 16.2 Å². The molecule has 2 atom stereocenters. The third kappa shape index (κ3) is 6.76. The summed E-state index contributed by atoms with van der Waals surface area (Å²) in [7, 11) is -1.71. The van der Waals surface area contributed by atoms with Gasteiger partial charge < -0.3 is 5.32 Å². The van der Waals surface area contributed by atoms with Gasteiger partial charge in [-0.05, 0) is 29.4 Å². The Labute approximate surface area is 175 Å². The van der Waals surface area contributed by atoms with Gasteiger partial charge in [-0.2, -0.15) is 30.7 Å². The van der Waals surface area contributed by atoms with Gasteiger partial charge in [0.05, 0.1) is 0 Å². The van der Waals surface area contributed by atoms with Crippen LogP contribution < -0.4 is 10.5 Å². The Hall–Kier alpha value is -1.95. The summed E-state index contributed by atoms with van der Waals surface area (Å²) in [6.07, 6.45) is -11.5. The fraction of sp³-hybridized carbons (Fsp3) is 0.526. The Kier molecular flexibility index (Phi) is 8.83. The van der Waals surface area contributed by atoms with E-state index >= 15 is 0 Å². The average Bonchev–Trinajstić information content (AvgIpc) is 2.66. The zero-order valence-electron chi connectivity index (χ0n) is 16.8. The maximum Gasteiger partial charge on any atom is 0.452 e. The minimum absolute atomic E-state index is 0.104. The Balaban J connectivity index is 2.66. The Bertz CT molecular complexity index is 749. The molecule has 1 amide bonds. The molecule has 176 valence electrons. The minimum atomic E-state index is -6.42. The number of amides is 1. The number of benzene rings is 1. The standard InChI is InChI=1S/C19H23F8NO2Si/c1-4-31(2,3)14-10-8-13(9-11-14)7-5-6-12-28-16(29)15(18(21,22)23)17(20,30-27)19(24,25)26/h4,8-11,15H,1,5-7,12H2,2-3H3,(H,28,29). The molecule has 0 fully saturated rings. The molecule has 0 aliphatic rings. The van der Waals surface area contributed by atoms with Crippen molar-refractivity contribution in [2.75, 3.05) is 6.54 Å². The first kappa shape index (κ1) is 27.1. The van der Waals surface area contributed by atoms with Crippen molar-refractivity contribution in [1.82, 2.24) is 5.32 Å². The summed E-state index contributed by atoms with van der Waals surface area (Å²) in [5.41, 5.74) is 2.85. The molecular weight excluding hydrogens is 454 g/mol. The van der Waals surface area contributed by atoms with E-state index in [9.17, 15) is 40.1 Å². The van der Waals surface area contributed by atoms with E-state index < -0.39 is 44.7 Å². The molecule has 1 N–H and O–H groups in total. The summed E-state index contributed by atoms with van der Waals surface area (Å²) in [6, 6.07) is 7.66. The molecule has 0 spiro atoms. The van der Waals surface area contributed by atoms with E-state index in [0.717, 1.165) is 10.8 Å². The van der Waals surface area contributed by atoms with Gasteiger partial charge in [0.2, 0.25) is 11.8 Å². The number of nitrogens with one attached hydrogen (secondary N) is 1. The first-order valence-corrected chi connectivity index (χ1v) is 12.3. The number of alkyl halides is 7. The van der Waals surface area contributed by atoms with Crippen molar-refractivity contribution in [1.29, 1.82) is 0 Å². The number of hydrogen-bond donors (Lipinski definition) is 1. The molecule has 2 unspecified atom stereocenters. The molecule has 0 aliphatic heterocycles. The van der Waals surface area contributed by atoms with Crippen LogP contribution in [0.4, 0.5) is 35.3 Å². The van der Waals surface area contributed by atoms with E-state index in [2.05, 4.69) is 19.7 Å². The van der Waals surface area contributed by atoms with Crippen LogP contribution in [0.1, 0.15) is 18.4 Å². The quantitative estimate of drug-likeness (QED) is 0.290. The van der Waals surface area contributed by atoms with Crippen molar-refractivity contribution in [2.45, 2.75) is 50.6 Å². The van der Waals surface area contributed by atoms with E-state index in [0.29, 0.717) is 12.8 Å². The van der Waals surface area contributed by atoms with Crippen LogP contribution in [-0.4, -0.2) is 38.7 Å². The molecule has 1 aromatic carbocycles. The number of halogens is 8. The second-order valence-electron chi connectivity index (χ2n) is 7.57. The first-order valence-electron chi connectivity index (χ1n) is 9.23. The van der Waals surface area contributed by atoms with Crippen LogP contribution in [0.15, 0.2) is 36.5 Å². The van der Waals surface area contributed by atoms with Crippen molar-refractivity contribution < 1.29 is 45.0 Å². The molecule has 1 aromatic rings. The largest absolute Gasteiger partial charge is 0.452 e. The van der Waals surface area contributed by atoms with E-state index in [1.54, 1.807) is 5.32 Å². The number of rotatable bonds is 10.